The summed E-state index contributed by atoms with van der Waals surface area (Å²) in [6.07, 6.45) is 1.41. The van der Waals surface area contributed by atoms with Crippen LogP contribution in [-0.4, -0.2) is 35.5 Å². The number of hydrogen-bond acceptors (Lipinski definition) is 6. The van der Waals surface area contributed by atoms with Gasteiger partial charge in [0.2, 0.25) is 0 Å². The SMILES string of the molecule is CCN(CC)c1ccc(/C=N\NC(=O)c2c(-c3ccccc3)noc2C)c(O)c1. The molecular weight excluding hydrogens is 368 g/mol. The number of anilines is 1. The molecular formula is C22H24N4O3. The number of carbonyl (C=O) groups excluding carboxylic acids is 1. The van der Waals surface area contributed by atoms with Gasteiger partial charge in [0, 0.05) is 36.0 Å². The maximum Gasteiger partial charge on any atom is 0.277 e. The first kappa shape index (κ1) is 20.1. The monoisotopic (exact) mass is 392 g/mol. The zero-order valence-corrected chi connectivity index (χ0v) is 16.7. The second-order valence-corrected chi connectivity index (χ2v) is 6.44. The smallest absolute Gasteiger partial charge is 0.277 e. The third-order valence-electron chi connectivity index (χ3n) is 4.65. The molecule has 2 N–H and O–H groups in total. The lowest BCUT2D eigenvalue weighted by Crippen LogP contribution is -2.21. The molecule has 0 unspecified atom stereocenters. The molecule has 0 fully saturated rings. The maximum absolute atomic E-state index is 12.6. The largest absolute Gasteiger partial charge is 0.507 e. The van der Waals surface area contributed by atoms with Crippen molar-refractivity contribution >= 4 is 17.8 Å². The van der Waals surface area contributed by atoms with Crippen molar-refractivity contribution in [3.8, 4) is 17.0 Å². The molecule has 2 aromatic carbocycles. The second kappa shape index (κ2) is 9.05. The highest BCUT2D eigenvalue weighted by molar-refractivity contribution is 6.01. The Hall–Kier alpha value is -3.61. The molecule has 0 saturated carbocycles. The molecule has 0 saturated heterocycles. The molecule has 29 heavy (non-hydrogen) atoms. The Bertz CT molecular complexity index is 1010. The van der Waals surface area contributed by atoms with Gasteiger partial charge < -0.3 is 14.5 Å². The summed E-state index contributed by atoms with van der Waals surface area (Å²) in [6.45, 7) is 7.49. The van der Waals surface area contributed by atoms with Crippen LogP contribution in [-0.2, 0) is 0 Å². The van der Waals surface area contributed by atoms with Gasteiger partial charge in [0.05, 0.1) is 6.21 Å². The van der Waals surface area contributed by atoms with Gasteiger partial charge in [-0.15, -0.1) is 0 Å². The van der Waals surface area contributed by atoms with Gasteiger partial charge in [-0.05, 0) is 32.9 Å². The van der Waals surface area contributed by atoms with E-state index in [1.807, 2.05) is 36.4 Å². The van der Waals surface area contributed by atoms with Gasteiger partial charge in [0.1, 0.15) is 22.8 Å². The van der Waals surface area contributed by atoms with Crippen LogP contribution in [0.2, 0.25) is 0 Å². The second-order valence-electron chi connectivity index (χ2n) is 6.44. The molecule has 0 aliphatic heterocycles. The number of hydrazone groups is 1. The number of aromatic hydroxyl groups is 1. The normalized spacial score (nSPS) is 11.0. The molecule has 1 amide bonds. The molecule has 7 heteroatoms. The number of aryl methyl sites for hydroxylation is 1. The first-order chi connectivity index (χ1) is 14.0. The van der Waals surface area contributed by atoms with Crippen molar-refractivity contribution in [2.75, 3.05) is 18.0 Å². The van der Waals surface area contributed by atoms with Crippen LogP contribution >= 0.6 is 0 Å². The Kier molecular flexibility index (Phi) is 6.29. The number of nitrogens with one attached hydrogen (secondary N) is 1. The quantitative estimate of drug-likeness (QED) is 0.469. The summed E-state index contributed by atoms with van der Waals surface area (Å²) in [5, 5.41) is 18.2. The summed E-state index contributed by atoms with van der Waals surface area (Å²) in [6, 6.07) is 14.7. The molecule has 1 aromatic heterocycles. The summed E-state index contributed by atoms with van der Waals surface area (Å²) in [4.78, 5) is 14.8. The summed E-state index contributed by atoms with van der Waals surface area (Å²) in [7, 11) is 0. The fourth-order valence-corrected chi connectivity index (χ4v) is 3.08. The number of amides is 1. The lowest BCUT2D eigenvalue weighted by atomic mass is 10.1. The van der Waals surface area contributed by atoms with E-state index in [-0.39, 0.29) is 5.75 Å². The van der Waals surface area contributed by atoms with Crippen molar-refractivity contribution in [3.63, 3.8) is 0 Å². The zero-order chi connectivity index (χ0) is 20.8. The molecule has 3 aromatic rings. The number of aromatic nitrogens is 1. The predicted molar refractivity (Wildman–Crippen MR) is 113 cm³/mol. The van der Waals surface area contributed by atoms with Crippen molar-refractivity contribution in [2.24, 2.45) is 5.10 Å². The van der Waals surface area contributed by atoms with Gasteiger partial charge in [-0.25, -0.2) is 5.43 Å². The number of phenols is 1. The van der Waals surface area contributed by atoms with E-state index >= 15 is 0 Å². The number of nitrogens with zero attached hydrogens (tertiary/aromatic N) is 3. The van der Waals surface area contributed by atoms with Crippen LogP contribution in [0, 0.1) is 6.92 Å². The van der Waals surface area contributed by atoms with Gasteiger partial charge in [-0.3, -0.25) is 4.79 Å². The summed E-state index contributed by atoms with van der Waals surface area (Å²) >= 11 is 0. The van der Waals surface area contributed by atoms with E-state index in [1.54, 1.807) is 19.1 Å². The lowest BCUT2D eigenvalue weighted by Gasteiger charge is -2.21. The van der Waals surface area contributed by atoms with Crippen LogP contribution in [0.4, 0.5) is 5.69 Å². The first-order valence-electron chi connectivity index (χ1n) is 9.48. The highest BCUT2D eigenvalue weighted by atomic mass is 16.5. The number of benzene rings is 2. The maximum atomic E-state index is 12.6. The van der Waals surface area contributed by atoms with Gasteiger partial charge in [0.25, 0.3) is 5.91 Å². The average Bonchev–Trinajstić information content (AvgIpc) is 3.12. The Balaban J connectivity index is 1.75. The number of carbonyl (C=O) groups is 1. The fourth-order valence-electron chi connectivity index (χ4n) is 3.08. The molecule has 3 rings (SSSR count). The molecule has 0 bridgehead atoms. The summed E-state index contributed by atoms with van der Waals surface area (Å²) < 4.78 is 5.20. The summed E-state index contributed by atoms with van der Waals surface area (Å²) in [5.74, 6) is 0.0691. The van der Waals surface area contributed by atoms with Crippen LogP contribution in [0.1, 0.15) is 35.5 Å². The van der Waals surface area contributed by atoms with Gasteiger partial charge in [-0.1, -0.05) is 35.5 Å². The van der Waals surface area contributed by atoms with Crippen molar-refractivity contribution in [3.05, 3.63) is 65.4 Å². The van der Waals surface area contributed by atoms with E-state index in [4.69, 9.17) is 4.52 Å². The van der Waals surface area contributed by atoms with Gasteiger partial charge >= 0.3 is 0 Å². The van der Waals surface area contributed by atoms with E-state index in [2.05, 4.69) is 34.4 Å². The number of hydrogen-bond donors (Lipinski definition) is 2. The van der Waals surface area contributed by atoms with Crippen LogP contribution in [0.25, 0.3) is 11.3 Å². The Morgan fingerprint density at radius 3 is 2.59 bits per heavy atom. The fraction of sp³-hybridized carbons (Fsp3) is 0.227. The van der Waals surface area contributed by atoms with Crippen LogP contribution in [0.15, 0.2) is 58.2 Å². The molecule has 0 radical (unpaired) electrons. The van der Waals surface area contributed by atoms with E-state index in [0.717, 1.165) is 24.3 Å². The zero-order valence-electron chi connectivity index (χ0n) is 16.7. The van der Waals surface area contributed by atoms with Gasteiger partial charge in [-0.2, -0.15) is 5.10 Å². The topological polar surface area (TPSA) is 91.0 Å². The highest BCUT2D eigenvalue weighted by Crippen LogP contribution is 2.25. The van der Waals surface area contributed by atoms with E-state index < -0.39 is 5.91 Å². The van der Waals surface area contributed by atoms with Crippen LogP contribution in [0.5, 0.6) is 5.75 Å². The molecule has 150 valence electrons. The minimum absolute atomic E-state index is 0.0959. The van der Waals surface area contributed by atoms with Crippen molar-refractivity contribution in [1.29, 1.82) is 0 Å². The number of phenolic OH excluding ortho intramolecular Hbond substituents is 1. The Labute approximate surface area is 169 Å². The van der Waals surface area contributed by atoms with Gasteiger partial charge in [0.15, 0.2) is 0 Å². The molecule has 7 nitrogen and oxygen atoms in total. The van der Waals surface area contributed by atoms with Crippen LogP contribution < -0.4 is 10.3 Å². The highest BCUT2D eigenvalue weighted by Gasteiger charge is 2.21. The average molecular weight is 392 g/mol. The molecule has 0 aliphatic carbocycles. The standard InChI is InChI=1S/C22H24N4O3/c1-4-26(5-2)18-12-11-17(19(27)13-18)14-23-24-22(28)20-15(3)29-25-21(20)16-9-7-6-8-10-16/h6-14,27H,4-5H2,1-3H3,(H,24,28)/b23-14-. The van der Waals surface area contributed by atoms with Crippen molar-refractivity contribution in [1.82, 2.24) is 10.6 Å². The predicted octanol–water partition coefficient (Wildman–Crippen LogP) is 3.97. The van der Waals surface area contributed by atoms with E-state index in [9.17, 15) is 9.90 Å². The molecule has 0 atom stereocenters. The lowest BCUT2D eigenvalue weighted by molar-refractivity contribution is 0.0954. The first-order valence-corrected chi connectivity index (χ1v) is 9.48. The Morgan fingerprint density at radius 1 is 1.21 bits per heavy atom. The molecule has 1 heterocycles. The molecule has 0 aliphatic rings. The Morgan fingerprint density at radius 2 is 1.93 bits per heavy atom. The van der Waals surface area contributed by atoms with Crippen molar-refractivity contribution < 1.29 is 14.4 Å². The van der Waals surface area contributed by atoms with Crippen molar-refractivity contribution in [2.45, 2.75) is 20.8 Å². The minimum atomic E-state index is -0.432. The van der Waals surface area contributed by atoms with Crippen LogP contribution in [0.3, 0.4) is 0 Å². The van der Waals surface area contributed by atoms with E-state index in [0.29, 0.717) is 22.6 Å². The summed E-state index contributed by atoms with van der Waals surface area (Å²) in [5.41, 5.74) is 5.49. The minimum Gasteiger partial charge on any atom is -0.507 e. The third kappa shape index (κ3) is 4.45. The van der Waals surface area contributed by atoms with E-state index in [1.165, 1.54) is 6.21 Å². The number of rotatable bonds is 7. The molecule has 0 spiro atoms. The third-order valence-corrected chi connectivity index (χ3v) is 4.65.